The number of nitrogens with one attached hydrogen (secondary N) is 1. The summed E-state index contributed by atoms with van der Waals surface area (Å²) in [6, 6.07) is 1.90. The highest BCUT2D eigenvalue weighted by Gasteiger charge is 2.26. The molecule has 6 N–H and O–H groups in total. The van der Waals surface area contributed by atoms with Gasteiger partial charge in [-0.1, -0.05) is 0 Å². The molecule has 0 saturated heterocycles. The fraction of sp³-hybridized carbons (Fsp3) is 0.273. The molecule has 0 heterocycles. The topological polar surface area (TPSA) is 118 Å². The highest BCUT2D eigenvalue weighted by molar-refractivity contribution is 5.95. The standard InChI is InChI=1S/C11H14FN3O3/c1-11(2,10(14)18)15-8-3-5(9(16)17)7(13)4-6(8)12/h3-4,15H,13H2,1-2H3,(H2,14,18)(H,16,17). The Hall–Kier alpha value is -2.31. The molecular formula is C11H14FN3O3. The van der Waals surface area contributed by atoms with Gasteiger partial charge < -0.3 is 21.9 Å². The van der Waals surface area contributed by atoms with Gasteiger partial charge in [0.25, 0.3) is 0 Å². The van der Waals surface area contributed by atoms with Crippen LogP contribution in [0.1, 0.15) is 24.2 Å². The minimum Gasteiger partial charge on any atom is -0.478 e. The van der Waals surface area contributed by atoms with Crippen molar-refractivity contribution in [3.63, 3.8) is 0 Å². The number of benzene rings is 1. The number of hydrogen-bond donors (Lipinski definition) is 4. The van der Waals surface area contributed by atoms with Crippen molar-refractivity contribution in [2.45, 2.75) is 19.4 Å². The van der Waals surface area contributed by atoms with Crippen molar-refractivity contribution in [3.05, 3.63) is 23.5 Å². The number of carboxylic acids is 1. The number of carbonyl (C=O) groups is 2. The molecule has 1 amide bonds. The molecule has 1 rings (SSSR count). The van der Waals surface area contributed by atoms with Crippen molar-refractivity contribution in [1.29, 1.82) is 0 Å². The maximum atomic E-state index is 13.6. The molecule has 0 radical (unpaired) electrons. The summed E-state index contributed by atoms with van der Waals surface area (Å²) in [6.07, 6.45) is 0. The second-order valence-corrected chi connectivity index (χ2v) is 4.34. The Morgan fingerprint density at radius 1 is 1.39 bits per heavy atom. The summed E-state index contributed by atoms with van der Waals surface area (Å²) >= 11 is 0. The number of anilines is 2. The minimum atomic E-state index is -1.28. The van der Waals surface area contributed by atoms with E-state index in [0.29, 0.717) is 0 Å². The van der Waals surface area contributed by atoms with E-state index in [9.17, 15) is 14.0 Å². The van der Waals surface area contributed by atoms with Gasteiger partial charge in [0.15, 0.2) is 0 Å². The van der Waals surface area contributed by atoms with Gasteiger partial charge in [0, 0.05) is 5.69 Å². The lowest BCUT2D eigenvalue weighted by atomic mass is 10.0. The number of aromatic carboxylic acids is 1. The summed E-state index contributed by atoms with van der Waals surface area (Å²) in [5.41, 5.74) is 8.70. The van der Waals surface area contributed by atoms with E-state index < -0.39 is 23.2 Å². The van der Waals surface area contributed by atoms with Gasteiger partial charge in [-0.2, -0.15) is 0 Å². The molecule has 98 valence electrons. The fourth-order valence-electron chi connectivity index (χ4n) is 1.27. The number of carbonyl (C=O) groups excluding carboxylic acids is 1. The Kier molecular flexibility index (Phi) is 3.45. The molecule has 0 aliphatic rings. The first-order chi connectivity index (χ1) is 8.15. The zero-order valence-electron chi connectivity index (χ0n) is 9.95. The highest BCUT2D eigenvalue weighted by atomic mass is 19.1. The second kappa shape index (κ2) is 4.52. The van der Waals surface area contributed by atoms with E-state index in [-0.39, 0.29) is 16.9 Å². The van der Waals surface area contributed by atoms with Gasteiger partial charge in [-0.3, -0.25) is 4.79 Å². The predicted octanol–water partition coefficient (Wildman–Crippen LogP) is 0.782. The molecule has 0 unspecified atom stereocenters. The molecule has 0 saturated carbocycles. The maximum absolute atomic E-state index is 13.6. The number of nitrogens with two attached hydrogens (primary N) is 2. The molecule has 1 aromatic rings. The van der Waals surface area contributed by atoms with Gasteiger partial charge >= 0.3 is 5.97 Å². The van der Waals surface area contributed by atoms with E-state index in [0.717, 1.165) is 12.1 Å². The monoisotopic (exact) mass is 255 g/mol. The highest BCUT2D eigenvalue weighted by Crippen LogP contribution is 2.24. The number of halogens is 1. The SMILES string of the molecule is CC(C)(Nc1cc(C(=O)O)c(N)cc1F)C(N)=O. The smallest absolute Gasteiger partial charge is 0.337 e. The van der Waals surface area contributed by atoms with Crippen LogP contribution in [0.25, 0.3) is 0 Å². The van der Waals surface area contributed by atoms with Crippen molar-refractivity contribution in [2.75, 3.05) is 11.1 Å². The Morgan fingerprint density at radius 3 is 2.39 bits per heavy atom. The van der Waals surface area contributed by atoms with Gasteiger partial charge in [0.1, 0.15) is 11.4 Å². The van der Waals surface area contributed by atoms with Crippen LogP contribution in [0.15, 0.2) is 12.1 Å². The molecule has 0 aliphatic heterocycles. The van der Waals surface area contributed by atoms with Crippen molar-refractivity contribution < 1.29 is 19.1 Å². The molecular weight excluding hydrogens is 241 g/mol. The maximum Gasteiger partial charge on any atom is 0.337 e. The van der Waals surface area contributed by atoms with Crippen LogP contribution in [0, 0.1) is 5.82 Å². The summed E-state index contributed by atoms with van der Waals surface area (Å²) in [5.74, 6) is -2.74. The van der Waals surface area contributed by atoms with Crippen LogP contribution in [0.3, 0.4) is 0 Å². The van der Waals surface area contributed by atoms with Gasteiger partial charge in [-0.15, -0.1) is 0 Å². The van der Waals surface area contributed by atoms with Crippen LogP contribution < -0.4 is 16.8 Å². The largest absolute Gasteiger partial charge is 0.478 e. The van der Waals surface area contributed by atoms with Crippen LogP contribution in [0.5, 0.6) is 0 Å². The van der Waals surface area contributed by atoms with Crippen molar-refractivity contribution in [1.82, 2.24) is 0 Å². The van der Waals surface area contributed by atoms with E-state index in [1.165, 1.54) is 13.8 Å². The zero-order valence-corrected chi connectivity index (χ0v) is 9.95. The molecule has 0 bridgehead atoms. The molecule has 0 atom stereocenters. The van der Waals surface area contributed by atoms with E-state index in [1.54, 1.807) is 0 Å². The van der Waals surface area contributed by atoms with E-state index in [2.05, 4.69) is 5.32 Å². The van der Waals surface area contributed by atoms with Crippen molar-refractivity contribution in [2.24, 2.45) is 5.73 Å². The lowest BCUT2D eigenvalue weighted by Gasteiger charge is -2.24. The third kappa shape index (κ3) is 2.68. The average Bonchev–Trinajstić information content (AvgIpc) is 2.21. The van der Waals surface area contributed by atoms with Crippen LogP contribution in [0.4, 0.5) is 15.8 Å². The number of rotatable bonds is 4. The third-order valence-electron chi connectivity index (χ3n) is 2.43. The van der Waals surface area contributed by atoms with Crippen molar-refractivity contribution in [3.8, 4) is 0 Å². The molecule has 0 aliphatic carbocycles. The quantitative estimate of drug-likeness (QED) is 0.593. The second-order valence-electron chi connectivity index (χ2n) is 4.34. The van der Waals surface area contributed by atoms with Crippen LogP contribution in [-0.4, -0.2) is 22.5 Å². The van der Waals surface area contributed by atoms with Gasteiger partial charge in [0.2, 0.25) is 5.91 Å². The number of hydrogen-bond acceptors (Lipinski definition) is 4. The normalized spacial score (nSPS) is 11.1. The lowest BCUT2D eigenvalue weighted by molar-refractivity contribution is -0.121. The van der Waals surface area contributed by atoms with Crippen LogP contribution >= 0.6 is 0 Å². The van der Waals surface area contributed by atoms with Gasteiger partial charge in [0.05, 0.1) is 11.3 Å². The summed E-state index contributed by atoms with van der Waals surface area (Å²) in [5, 5.41) is 11.4. The van der Waals surface area contributed by atoms with E-state index in [1.807, 2.05) is 0 Å². The van der Waals surface area contributed by atoms with E-state index in [4.69, 9.17) is 16.6 Å². The molecule has 0 aromatic heterocycles. The Labute approximate surface area is 103 Å². The Bertz CT molecular complexity index is 515. The number of amides is 1. The van der Waals surface area contributed by atoms with Crippen molar-refractivity contribution >= 4 is 23.3 Å². The summed E-state index contributed by atoms with van der Waals surface area (Å²) in [7, 11) is 0. The van der Waals surface area contributed by atoms with Crippen LogP contribution in [0.2, 0.25) is 0 Å². The summed E-state index contributed by atoms with van der Waals surface area (Å²) in [4.78, 5) is 22.0. The van der Waals surface area contributed by atoms with Gasteiger partial charge in [-0.05, 0) is 26.0 Å². The number of primary amides is 1. The first-order valence-electron chi connectivity index (χ1n) is 5.05. The van der Waals surface area contributed by atoms with Crippen LogP contribution in [-0.2, 0) is 4.79 Å². The lowest BCUT2D eigenvalue weighted by Crippen LogP contribution is -2.45. The Balaban J connectivity index is 3.22. The zero-order chi connectivity index (χ0) is 14.1. The third-order valence-corrected chi connectivity index (χ3v) is 2.43. The summed E-state index contributed by atoms with van der Waals surface area (Å²) in [6.45, 7) is 2.90. The summed E-state index contributed by atoms with van der Waals surface area (Å²) < 4.78 is 13.6. The average molecular weight is 255 g/mol. The predicted molar refractivity (Wildman–Crippen MR) is 64.7 cm³/mol. The van der Waals surface area contributed by atoms with E-state index >= 15 is 0 Å². The Morgan fingerprint density at radius 2 is 1.94 bits per heavy atom. The molecule has 18 heavy (non-hydrogen) atoms. The number of nitrogen functional groups attached to an aromatic ring is 1. The van der Waals surface area contributed by atoms with Gasteiger partial charge in [-0.25, -0.2) is 9.18 Å². The first kappa shape index (κ1) is 13.8. The molecule has 0 fully saturated rings. The molecule has 6 nitrogen and oxygen atoms in total. The molecule has 0 spiro atoms. The first-order valence-corrected chi connectivity index (χ1v) is 5.05. The molecule has 1 aromatic carbocycles. The number of carboxylic acid groups (broad SMARTS) is 1. The minimum absolute atomic E-state index is 0.148. The fourth-order valence-corrected chi connectivity index (χ4v) is 1.27. The molecule has 7 heteroatoms.